The number of carbonyl (C=O) groups is 2. The van der Waals surface area contributed by atoms with Crippen molar-refractivity contribution in [3.8, 4) is 0 Å². The summed E-state index contributed by atoms with van der Waals surface area (Å²) in [5.41, 5.74) is 6.10. The minimum atomic E-state index is -1.22. The highest BCUT2D eigenvalue weighted by atomic mass is 16.6. The van der Waals surface area contributed by atoms with E-state index in [1.807, 2.05) is 0 Å². The van der Waals surface area contributed by atoms with Crippen LogP contribution in [0, 0.1) is 0 Å². The minimum absolute atomic E-state index is 0.285. The number of benzene rings is 1. The van der Waals surface area contributed by atoms with Crippen LogP contribution in [0.1, 0.15) is 37.9 Å². The molecule has 0 aliphatic carbocycles. The molecule has 0 aliphatic heterocycles. The number of aliphatic carboxylic acids is 1. The predicted molar refractivity (Wildman–Crippen MR) is 67.9 cm³/mol. The van der Waals surface area contributed by atoms with Crippen molar-refractivity contribution in [2.75, 3.05) is 0 Å². The molecule has 5 nitrogen and oxygen atoms in total. The van der Waals surface area contributed by atoms with Gasteiger partial charge in [0.15, 0.2) is 0 Å². The van der Waals surface area contributed by atoms with Gasteiger partial charge in [-0.05, 0) is 31.9 Å². The van der Waals surface area contributed by atoms with Crippen LogP contribution in [-0.4, -0.2) is 17.5 Å². The number of carbonyl (C=O) groups excluding carboxylic acids is 2. The monoisotopic (exact) mass is 264 g/mol. The molecule has 1 aromatic rings. The van der Waals surface area contributed by atoms with Gasteiger partial charge in [0, 0.05) is 12.4 Å². The molecule has 1 aromatic carbocycles. The Bertz CT molecular complexity index is 477. The van der Waals surface area contributed by atoms with Crippen LogP contribution in [0.15, 0.2) is 24.3 Å². The lowest BCUT2D eigenvalue weighted by Gasteiger charge is -2.23. The molecule has 1 atom stereocenters. The fraction of sp³-hybridized carbons (Fsp3) is 0.429. The molecule has 0 fully saturated rings. The molecule has 0 heterocycles. The van der Waals surface area contributed by atoms with Crippen molar-refractivity contribution in [1.29, 1.82) is 0 Å². The SMILES string of the molecule is CC(C)(C)OC(=O)[C@@H](N)c1ccccc1CC(=O)[O-]. The van der Waals surface area contributed by atoms with Gasteiger partial charge in [0.1, 0.15) is 11.6 Å². The first kappa shape index (κ1) is 15.2. The summed E-state index contributed by atoms with van der Waals surface area (Å²) in [5, 5.41) is 10.7. The topological polar surface area (TPSA) is 92.5 Å². The first-order chi connectivity index (χ1) is 8.70. The van der Waals surface area contributed by atoms with Crippen LogP contribution in [0.4, 0.5) is 0 Å². The summed E-state index contributed by atoms with van der Waals surface area (Å²) in [6.45, 7) is 5.22. The van der Waals surface area contributed by atoms with Gasteiger partial charge >= 0.3 is 5.97 Å². The van der Waals surface area contributed by atoms with Crippen molar-refractivity contribution in [2.45, 2.75) is 38.8 Å². The summed E-state index contributed by atoms with van der Waals surface area (Å²) in [6.07, 6.45) is -0.285. The molecule has 0 aliphatic rings. The molecule has 0 amide bonds. The summed E-state index contributed by atoms with van der Waals surface area (Å²) >= 11 is 0. The molecule has 0 spiro atoms. The van der Waals surface area contributed by atoms with Crippen LogP contribution in [0.3, 0.4) is 0 Å². The van der Waals surface area contributed by atoms with Crippen LogP contribution in [-0.2, 0) is 20.7 Å². The van der Waals surface area contributed by atoms with E-state index in [2.05, 4.69) is 0 Å². The van der Waals surface area contributed by atoms with E-state index in [1.54, 1.807) is 45.0 Å². The van der Waals surface area contributed by atoms with Crippen LogP contribution in [0.2, 0.25) is 0 Å². The Hall–Kier alpha value is -1.88. The van der Waals surface area contributed by atoms with Gasteiger partial charge in [0.05, 0.1) is 0 Å². The molecular formula is C14H18NO4-. The molecule has 0 bridgehead atoms. The number of hydrogen-bond acceptors (Lipinski definition) is 5. The molecule has 0 aromatic heterocycles. The van der Waals surface area contributed by atoms with Gasteiger partial charge < -0.3 is 20.4 Å². The van der Waals surface area contributed by atoms with Crippen LogP contribution < -0.4 is 10.8 Å². The van der Waals surface area contributed by atoms with Crippen molar-refractivity contribution in [1.82, 2.24) is 0 Å². The molecule has 19 heavy (non-hydrogen) atoms. The number of ether oxygens (including phenoxy) is 1. The van der Waals surface area contributed by atoms with E-state index in [4.69, 9.17) is 10.5 Å². The first-order valence-electron chi connectivity index (χ1n) is 5.97. The molecule has 1 rings (SSSR count). The normalized spacial score (nSPS) is 12.8. The van der Waals surface area contributed by atoms with E-state index in [1.165, 1.54) is 0 Å². The number of hydrogen-bond donors (Lipinski definition) is 1. The molecule has 5 heteroatoms. The Morgan fingerprint density at radius 3 is 2.42 bits per heavy atom. The second-order valence-electron chi connectivity index (χ2n) is 5.26. The Morgan fingerprint density at radius 2 is 1.89 bits per heavy atom. The lowest BCUT2D eigenvalue weighted by atomic mass is 9.98. The Balaban J connectivity index is 2.96. The summed E-state index contributed by atoms with van der Waals surface area (Å²) in [5.74, 6) is -1.80. The van der Waals surface area contributed by atoms with Crippen molar-refractivity contribution < 1.29 is 19.4 Å². The largest absolute Gasteiger partial charge is 0.550 e. The number of esters is 1. The van der Waals surface area contributed by atoms with E-state index in [0.29, 0.717) is 11.1 Å². The number of rotatable bonds is 4. The Morgan fingerprint density at radius 1 is 1.32 bits per heavy atom. The van der Waals surface area contributed by atoms with E-state index >= 15 is 0 Å². The summed E-state index contributed by atoms with van der Waals surface area (Å²) in [7, 11) is 0. The Labute approximate surface area is 112 Å². The lowest BCUT2D eigenvalue weighted by Crippen LogP contribution is -2.33. The quantitative estimate of drug-likeness (QED) is 0.791. The summed E-state index contributed by atoms with van der Waals surface area (Å²) < 4.78 is 5.19. The fourth-order valence-electron chi connectivity index (χ4n) is 1.65. The van der Waals surface area contributed by atoms with Crippen LogP contribution in [0.5, 0.6) is 0 Å². The van der Waals surface area contributed by atoms with Crippen molar-refractivity contribution in [2.24, 2.45) is 5.73 Å². The third-order valence-electron chi connectivity index (χ3n) is 2.39. The minimum Gasteiger partial charge on any atom is -0.550 e. The smallest absolute Gasteiger partial charge is 0.328 e. The molecule has 0 saturated carbocycles. The van der Waals surface area contributed by atoms with Crippen LogP contribution >= 0.6 is 0 Å². The van der Waals surface area contributed by atoms with E-state index < -0.39 is 23.6 Å². The van der Waals surface area contributed by atoms with Gasteiger partial charge in [-0.2, -0.15) is 0 Å². The van der Waals surface area contributed by atoms with E-state index in [0.717, 1.165) is 0 Å². The zero-order valence-electron chi connectivity index (χ0n) is 11.3. The summed E-state index contributed by atoms with van der Waals surface area (Å²) in [4.78, 5) is 22.6. The average molecular weight is 264 g/mol. The second kappa shape index (κ2) is 5.84. The molecule has 2 N–H and O–H groups in total. The van der Waals surface area contributed by atoms with Gasteiger partial charge in [-0.15, -0.1) is 0 Å². The molecule has 0 radical (unpaired) electrons. The van der Waals surface area contributed by atoms with Gasteiger partial charge in [-0.1, -0.05) is 24.3 Å². The zero-order valence-corrected chi connectivity index (χ0v) is 11.3. The highest BCUT2D eigenvalue weighted by Gasteiger charge is 2.24. The first-order valence-corrected chi connectivity index (χ1v) is 5.97. The highest BCUT2D eigenvalue weighted by molar-refractivity contribution is 5.79. The van der Waals surface area contributed by atoms with Gasteiger partial charge in [0.2, 0.25) is 0 Å². The maximum Gasteiger partial charge on any atom is 0.328 e. The zero-order chi connectivity index (χ0) is 14.6. The lowest BCUT2D eigenvalue weighted by molar-refractivity contribution is -0.304. The number of nitrogens with two attached hydrogens (primary N) is 1. The Kier molecular flexibility index (Phi) is 4.67. The van der Waals surface area contributed by atoms with Crippen molar-refractivity contribution in [3.05, 3.63) is 35.4 Å². The van der Waals surface area contributed by atoms with Crippen molar-refractivity contribution >= 4 is 11.9 Å². The molecule has 104 valence electrons. The van der Waals surface area contributed by atoms with Gasteiger partial charge in [0.25, 0.3) is 0 Å². The predicted octanol–water partition coefficient (Wildman–Crippen LogP) is 0.321. The van der Waals surface area contributed by atoms with Crippen LogP contribution in [0.25, 0.3) is 0 Å². The van der Waals surface area contributed by atoms with Crippen molar-refractivity contribution in [3.63, 3.8) is 0 Å². The highest BCUT2D eigenvalue weighted by Crippen LogP contribution is 2.20. The van der Waals surface area contributed by atoms with E-state index in [9.17, 15) is 14.7 Å². The fourth-order valence-corrected chi connectivity index (χ4v) is 1.65. The third kappa shape index (κ3) is 4.71. The molecule has 0 saturated heterocycles. The standard InChI is InChI=1S/C14H19NO4/c1-14(2,3)19-13(18)12(15)10-7-5-4-6-9(10)8-11(16)17/h4-7,12H,8,15H2,1-3H3,(H,16,17)/p-1/t12-/m0/s1. The van der Waals surface area contributed by atoms with Gasteiger partial charge in [-0.25, -0.2) is 4.79 Å². The average Bonchev–Trinajstić information content (AvgIpc) is 2.25. The second-order valence-corrected chi connectivity index (χ2v) is 5.26. The number of carboxylic acids is 1. The molecular weight excluding hydrogens is 246 g/mol. The summed E-state index contributed by atoms with van der Waals surface area (Å²) in [6, 6.07) is 5.60. The molecule has 0 unspecified atom stereocenters. The number of carboxylic acid groups (broad SMARTS) is 1. The maximum absolute atomic E-state index is 11.9. The maximum atomic E-state index is 11.9. The van der Waals surface area contributed by atoms with Gasteiger partial charge in [-0.3, -0.25) is 0 Å². The van der Waals surface area contributed by atoms with E-state index in [-0.39, 0.29) is 6.42 Å². The third-order valence-corrected chi connectivity index (χ3v) is 2.39.